The molecule has 1 aromatic rings. The van der Waals surface area contributed by atoms with Gasteiger partial charge in [-0.05, 0) is 37.3 Å². The highest BCUT2D eigenvalue weighted by Gasteiger charge is 2.37. The van der Waals surface area contributed by atoms with Gasteiger partial charge in [-0.2, -0.15) is 0 Å². The summed E-state index contributed by atoms with van der Waals surface area (Å²) in [6.07, 6.45) is 6.14. The van der Waals surface area contributed by atoms with Crippen LogP contribution in [0.3, 0.4) is 0 Å². The van der Waals surface area contributed by atoms with Gasteiger partial charge in [-0.3, -0.25) is 0 Å². The van der Waals surface area contributed by atoms with Gasteiger partial charge in [0, 0.05) is 18.1 Å². The Bertz CT molecular complexity index is 438. The van der Waals surface area contributed by atoms with E-state index >= 15 is 0 Å². The van der Waals surface area contributed by atoms with E-state index in [0.717, 1.165) is 24.3 Å². The van der Waals surface area contributed by atoms with Gasteiger partial charge < -0.3 is 9.64 Å². The maximum atomic E-state index is 5.86. The first-order valence-electron chi connectivity index (χ1n) is 6.69. The number of halogens is 1. The van der Waals surface area contributed by atoms with Crippen LogP contribution in [0.25, 0.3) is 0 Å². The molecule has 2 aliphatic rings. The van der Waals surface area contributed by atoms with Crippen LogP contribution in [0.5, 0.6) is 0 Å². The van der Waals surface area contributed by atoms with Gasteiger partial charge in [0.1, 0.15) is 5.82 Å². The lowest BCUT2D eigenvalue weighted by Gasteiger charge is -2.39. The molecule has 0 N–H and O–H groups in total. The molecule has 2 unspecified atom stereocenters. The Morgan fingerprint density at radius 3 is 3.17 bits per heavy atom. The Morgan fingerprint density at radius 2 is 2.39 bits per heavy atom. The summed E-state index contributed by atoms with van der Waals surface area (Å²) < 4.78 is 5.86. The highest BCUT2D eigenvalue weighted by Crippen LogP contribution is 2.33. The predicted octanol–water partition coefficient (Wildman–Crippen LogP) is 3.04. The van der Waals surface area contributed by atoms with Crippen LogP contribution < -0.4 is 4.90 Å². The number of fused-ring (bicyclic) bond motifs is 1. The maximum absolute atomic E-state index is 5.86. The van der Waals surface area contributed by atoms with Crippen molar-refractivity contribution in [3.63, 3.8) is 0 Å². The van der Waals surface area contributed by atoms with Crippen molar-refractivity contribution in [2.75, 3.05) is 18.1 Å². The Kier molecular flexibility index (Phi) is 3.57. The van der Waals surface area contributed by atoms with Crippen molar-refractivity contribution in [1.29, 1.82) is 0 Å². The number of hydrogen-bond acceptors (Lipinski definition) is 3. The second-order valence-electron chi connectivity index (χ2n) is 5.22. The summed E-state index contributed by atoms with van der Waals surface area (Å²) in [5.74, 6) is 1.15. The van der Waals surface area contributed by atoms with Crippen molar-refractivity contribution >= 4 is 21.7 Å². The van der Waals surface area contributed by atoms with Gasteiger partial charge in [-0.1, -0.05) is 22.0 Å². The summed E-state index contributed by atoms with van der Waals surface area (Å²) in [4.78, 5) is 7.14. The van der Waals surface area contributed by atoms with Gasteiger partial charge in [0.2, 0.25) is 0 Å². The average Bonchev–Trinajstić information content (AvgIpc) is 2.87. The van der Waals surface area contributed by atoms with Crippen LogP contribution in [0.1, 0.15) is 30.4 Å². The summed E-state index contributed by atoms with van der Waals surface area (Å²) in [5.41, 5.74) is 2.52. The van der Waals surface area contributed by atoms with E-state index in [9.17, 15) is 0 Å². The van der Waals surface area contributed by atoms with Crippen molar-refractivity contribution in [1.82, 2.24) is 4.98 Å². The molecular weight excluding hydrogens is 292 g/mol. The summed E-state index contributed by atoms with van der Waals surface area (Å²) in [6.45, 7) is 3.97. The minimum atomic E-state index is 0.427. The third-order valence-electron chi connectivity index (χ3n) is 4.02. The van der Waals surface area contributed by atoms with Crippen LogP contribution >= 0.6 is 15.9 Å². The van der Waals surface area contributed by atoms with Gasteiger partial charge in [-0.15, -0.1) is 0 Å². The molecule has 4 heteroatoms. The quantitative estimate of drug-likeness (QED) is 0.785. The third-order valence-corrected chi connectivity index (χ3v) is 4.66. The minimum absolute atomic E-state index is 0.427. The van der Waals surface area contributed by atoms with E-state index in [0.29, 0.717) is 12.1 Å². The molecule has 0 aromatic carbocycles. The molecule has 0 spiro atoms. The highest BCUT2D eigenvalue weighted by atomic mass is 79.9. The molecule has 0 bridgehead atoms. The lowest BCUT2D eigenvalue weighted by atomic mass is 10.1. The molecule has 3 nitrogen and oxygen atoms in total. The number of ether oxygens (including phenoxy) is 1. The number of rotatable bonds is 2. The van der Waals surface area contributed by atoms with Crippen LogP contribution in [0.4, 0.5) is 5.82 Å². The van der Waals surface area contributed by atoms with Crippen LogP contribution in [0.15, 0.2) is 12.3 Å². The number of pyridine rings is 1. The molecule has 2 heterocycles. The predicted molar refractivity (Wildman–Crippen MR) is 76.3 cm³/mol. The average molecular weight is 311 g/mol. The first-order valence-corrected chi connectivity index (χ1v) is 7.81. The van der Waals surface area contributed by atoms with Crippen LogP contribution in [-0.4, -0.2) is 30.3 Å². The fraction of sp³-hybridized carbons (Fsp3) is 0.643. The van der Waals surface area contributed by atoms with E-state index in [1.165, 1.54) is 30.4 Å². The standard InChI is InChI=1S/C14H19BrN2O/c1-10-7-11(8-15)9-16-14(10)17-5-6-18-13-4-2-3-12(13)17/h7,9,12-13H,2-6,8H2,1H3. The molecule has 1 saturated heterocycles. The third kappa shape index (κ3) is 2.16. The van der Waals surface area contributed by atoms with Gasteiger partial charge in [0.15, 0.2) is 0 Å². The molecule has 2 atom stereocenters. The fourth-order valence-corrected chi connectivity index (χ4v) is 3.49. The van der Waals surface area contributed by atoms with E-state index in [2.05, 4.69) is 38.8 Å². The van der Waals surface area contributed by atoms with Crippen molar-refractivity contribution < 1.29 is 4.74 Å². The molecule has 18 heavy (non-hydrogen) atoms. The second-order valence-corrected chi connectivity index (χ2v) is 5.78. The van der Waals surface area contributed by atoms with Crippen LogP contribution in [0, 0.1) is 6.92 Å². The number of nitrogens with zero attached hydrogens (tertiary/aromatic N) is 2. The van der Waals surface area contributed by atoms with E-state index in [1.54, 1.807) is 0 Å². The van der Waals surface area contributed by atoms with Gasteiger partial charge >= 0.3 is 0 Å². The molecule has 1 aliphatic carbocycles. The van der Waals surface area contributed by atoms with Crippen molar-refractivity contribution in [3.05, 3.63) is 23.4 Å². The van der Waals surface area contributed by atoms with E-state index < -0.39 is 0 Å². The van der Waals surface area contributed by atoms with Crippen LogP contribution in [-0.2, 0) is 10.1 Å². The largest absolute Gasteiger partial charge is 0.374 e. The summed E-state index contributed by atoms with van der Waals surface area (Å²) in [5, 5.41) is 0.871. The number of anilines is 1. The highest BCUT2D eigenvalue weighted by molar-refractivity contribution is 9.08. The van der Waals surface area contributed by atoms with Crippen molar-refractivity contribution in [2.24, 2.45) is 0 Å². The van der Waals surface area contributed by atoms with Crippen molar-refractivity contribution in [2.45, 2.75) is 43.7 Å². The minimum Gasteiger partial charge on any atom is -0.374 e. The molecule has 98 valence electrons. The first-order chi connectivity index (χ1) is 8.79. The fourth-order valence-electron chi connectivity index (χ4n) is 3.19. The van der Waals surface area contributed by atoms with Crippen LogP contribution in [0.2, 0.25) is 0 Å². The number of morpholine rings is 1. The van der Waals surface area contributed by atoms with Gasteiger partial charge in [-0.25, -0.2) is 4.98 Å². The normalized spacial score (nSPS) is 27.3. The Labute approximate surface area is 117 Å². The molecular formula is C14H19BrN2O. The second kappa shape index (κ2) is 5.17. The zero-order chi connectivity index (χ0) is 12.5. The van der Waals surface area contributed by atoms with E-state index in [4.69, 9.17) is 4.74 Å². The Hall–Kier alpha value is -0.610. The SMILES string of the molecule is Cc1cc(CBr)cnc1N1CCOC2CCCC21. The zero-order valence-corrected chi connectivity index (χ0v) is 12.3. The number of alkyl halides is 1. The zero-order valence-electron chi connectivity index (χ0n) is 10.7. The summed E-state index contributed by atoms with van der Waals surface area (Å²) >= 11 is 3.48. The number of aromatic nitrogens is 1. The lowest BCUT2D eigenvalue weighted by molar-refractivity contribution is 0.0253. The Morgan fingerprint density at radius 1 is 1.50 bits per heavy atom. The molecule has 0 radical (unpaired) electrons. The maximum Gasteiger partial charge on any atom is 0.131 e. The molecule has 3 rings (SSSR count). The van der Waals surface area contributed by atoms with E-state index in [1.807, 2.05) is 6.20 Å². The van der Waals surface area contributed by atoms with Gasteiger partial charge in [0.05, 0.1) is 18.8 Å². The van der Waals surface area contributed by atoms with E-state index in [-0.39, 0.29) is 0 Å². The summed E-state index contributed by atoms with van der Waals surface area (Å²) in [6, 6.07) is 2.77. The monoisotopic (exact) mass is 310 g/mol. The number of aryl methyl sites for hydroxylation is 1. The topological polar surface area (TPSA) is 25.4 Å². The summed E-state index contributed by atoms with van der Waals surface area (Å²) in [7, 11) is 0. The lowest BCUT2D eigenvalue weighted by Crippen LogP contribution is -2.49. The van der Waals surface area contributed by atoms with Crippen molar-refractivity contribution in [3.8, 4) is 0 Å². The number of hydrogen-bond donors (Lipinski definition) is 0. The molecule has 2 fully saturated rings. The molecule has 0 amide bonds. The molecule has 1 aromatic heterocycles. The molecule has 1 aliphatic heterocycles. The Balaban J connectivity index is 1.89. The van der Waals surface area contributed by atoms with Gasteiger partial charge in [0.25, 0.3) is 0 Å². The first kappa shape index (κ1) is 12.4. The molecule has 1 saturated carbocycles. The smallest absolute Gasteiger partial charge is 0.131 e.